The predicted molar refractivity (Wildman–Crippen MR) is 123 cm³/mol. The average molecular weight is 429 g/mol. The van der Waals surface area contributed by atoms with Gasteiger partial charge in [-0.2, -0.15) is 0 Å². The van der Waals surface area contributed by atoms with Crippen LogP contribution in [0.4, 0.5) is 0 Å². The average Bonchev–Trinajstić information content (AvgIpc) is 3.12. The molecule has 5 nitrogen and oxygen atoms in total. The zero-order valence-corrected chi connectivity index (χ0v) is 19.4. The van der Waals surface area contributed by atoms with Crippen LogP contribution in [-0.4, -0.2) is 59.6 Å². The molecule has 4 atom stereocenters. The summed E-state index contributed by atoms with van der Waals surface area (Å²) in [6.07, 6.45) is 21.0. The first-order valence-electron chi connectivity index (χ1n) is 12.6. The van der Waals surface area contributed by atoms with Crippen molar-refractivity contribution in [3.63, 3.8) is 0 Å². The third-order valence-electron chi connectivity index (χ3n) is 5.95. The molecule has 0 amide bonds. The van der Waals surface area contributed by atoms with Crippen molar-refractivity contribution in [1.82, 2.24) is 0 Å². The van der Waals surface area contributed by atoms with E-state index in [9.17, 15) is 10.2 Å². The van der Waals surface area contributed by atoms with Crippen LogP contribution in [0.25, 0.3) is 0 Å². The van der Waals surface area contributed by atoms with Gasteiger partial charge in [0.2, 0.25) is 0 Å². The van der Waals surface area contributed by atoms with Crippen LogP contribution in [0.3, 0.4) is 0 Å². The van der Waals surface area contributed by atoms with Crippen LogP contribution >= 0.6 is 0 Å². The van der Waals surface area contributed by atoms with Gasteiger partial charge in [0, 0.05) is 6.61 Å². The standard InChI is InChI=1S/C25H48O5/c1-2-3-4-5-6-7-8-9-10-11-12-13-14-15-16-17-18-19-29-25-23(28)21-30-24(25)22(27)20-26/h10-11,22-28H,2-9,12-21H2,1H3/b11-10+/t22-,23+,24+,25+/m0/s1. The van der Waals surface area contributed by atoms with Gasteiger partial charge in [0.25, 0.3) is 0 Å². The quantitative estimate of drug-likeness (QED) is 0.190. The first-order valence-corrected chi connectivity index (χ1v) is 12.6. The maximum Gasteiger partial charge on any atom is 0.114 e. The van der Waals surface area contributed by atoms with Gasteiger partial charge >= 0.3 is 0 Å². The Hall–Kier alpha value is -0.460. The van der Waals surface area contributed by atoms with Crippen molar-refractivity contribution in [2.75, 3.05) is 19.8 Å². The highest BCUT2D eigenvalue weighted by molar-refractivity contribution is 4.89. The summed E-state index contributed by atoms with van der Waals surface area (Å²) in [5.41, 5.74) is 0. The minimum Gasteiger partial charge on any atom is -0.394 e. The SMILES string of the molecule is CCCCCCCCC/C=C/CCCCCCCCO[C@H]1[C@@H]([C@@H](O)CO)OC[C@H]1O. The number of allylic oxidation sites excluding steroid dienone is 2. The molecule has 1 heterocycles. The van der Waals surface area contributed by atoms with E-state index in [1.165, 1.54) is 83.5 Å². The molecule has 0 unspecified atom stereocenters. The van der Waals surface area contributed by atoms with Gasteiger partial charge in [0.1, 0.15) is 24.4 Å². The van der Waals surface area contributed by atoms with Gasteiger partial charge < -0.3 is 24.8 Å². The molecule has 0 aliphatic carbocycles. The fourth-order valence-corrected chi connectivity index (χ4v) is 4.00. The minimum atomic E-state index is -1.00. The third kappa shape index (κ3) is 13.1. The molecule has 1 aliphatic heterocycles. The molecule has 3 N–H and O–H groups in total. The highest BCUT2D eigenvalue weighted by Gasteiger charge is 2.40. The third-order valence-corrected chi connectivity index (χ3v) is 5.95. The van der Waals surface area contributed by atoms with Crippen molar-refractivity contribution in [1.29, 1.82) is 0 Å². The Kier molecular flexibility index (Phi) is 17.7. The number of rotatable bonds is 20. The zero-order valence-electron chi connectivity index (χ0n) is 19.4. The lowest BCUT2D eigenvalue weighted by Gasteiger charge is -2.23. The molecule has 1 aliphatic rings. The number of unbranched alkanes of at least 4 members (excludes halogenated alkanes) is 13. The van der Waals surface area contributed by atoms with Crippen molar-refractivity contribution in [3.05, 3.63) is 12.2 Å². The summed E-state index contributed by atoms with van der Waals surface area (Å²) in [4.78, 5) is 0. The Morgan fingerprint density at radius 2 is 1.40 bits per heavy atom. The van der Waals surface area contributed by atoms with Crippen LogP contribution in [0.5, 0.6) is 0 Å². The molecule has 5 heteroatoms. The molecule has 178 valence electrons. The Morgan fingerprint density at radius 1 is 0.867 bits per heavy atom. The van der Waals surface area contributed by atoms with E-state index in [-0.39, 0.29) is 13.2 Å². The Labute approximate surface area is 184 Å². The topological polar surface area (TPSA) is 79.2 Å². The van der Waals surface area contributed by atoms with Crippen molar-refractivity contribution in [2.24, 2.45) is 0 Å². The molecule has 0 saturated carbocycles. The minimum absolute atomic E-state index is 0.153. The van der Waals surface area contributed by atoms with Gasteiger partial charge in [0.05, 0.1) is 13.2 Å². The second-order valence-corrected chi connectivity index (χ2v) is 8.74. The molecule has 0 radical (unpaired) electrons. The summed E-state index contributed by atoms with van der Waals surface area (Å²) >= 11 is 0. The number of hydrogen-bond acceptors (Lipinski definition) is 5. The summed E-state index contributed by atoms with van der Waals surface area (Å²) in [7, 11) is 0. The van der Waals surface area contributed by atoms with E-state index in [4.69, 9.17) is 14.6 Å². The van der Waals surface area contributed by atoms with Crippen LogP contribution in [0, 0.1) is 0 Å². The molecule has 1 saturated heterocycles. The Morgan fingerprint density at radius 3 is 1.97 bits per heavy atom. The normalized spacial score (nSPS) is 22.9. The molecule has 0 spiro atoms. The van der Waals surface area contributed by atoms with Crippen LogP contribution in [0.1, 0.15) is 103 Å². The molecule has 1 rings (SSSR count). The van der Waals surface area contributed by atoms with Crippen molar-refractivity contribution >= 4 is 0 Å². The molecule has 0 aromatic carbocycles. The van der Waals surface area contributed by atoms with Gasteiger partial charge in [0.15, 0.2) is 0 Å². The molecule has 0 aromatic heterocycles. The first-order chi connectivity index (χ1) is 14.7. The maximum absolute atomic E-state index is 9.90. The lowest BCUT2D eigenvalue weighted by molar-refractivity contribution is -0.0938. The van der Waals surface area contributed by atoms with E-state index >= 15 is 0 Å². The number of aliphatic hydroxyl groups excluding tert-OH is 3. The van der Waals surface area contributed by atoms with E-state index < -0.39 is 24.4 Å². The van der Waals surface area contributed by atoms with E-state index in [1.807, 2.05) is 0 Å². The second-order valence-electron chi connectivity index (χ2n) is 8.74. The lowest BCUT2D eigenvalue weighted by atomic mass is 10.1. The molecule has 1 fully saturated rings. The van der Waals surface area contributed by atoms with E-state index in [0.29, 0.717) is 6.61 Å². The van der Waals surface area contributed by atoms with Crippen molar-refractivity contribution < 1.29 is 24.8 Å². The van der Waals surface area contributed by atoms with Crippen molar-refractivity contribution in [2.45, 2.75) is 128 Å². The smallest absolute Gasteiger partial charge is 0.114 e. The predicted octanol–water partition coefficient (Wildman–Crippen LogP) is 4.91. The highest BCUT2D eigenvalue weighted by atomic mass is 16.6. The van der Waals surface area contributed by atoms with Gasteiger partial charge in [-0.3, -0.25) is 0 Å². The summed E-state index contributed by atoms with van der Waals surface area (Å²) in [5, 5.41) is 28.7. The fraction of sp³-hybridized carbons (Fsp3) is 0.920. The highest BCUT2D eigenvalue weighted by Crippen LogP contribution is 2.21. The molecule has 0 bridgehead atoms. The van der Waals surface area contributed by atoms with Crippen molar-refractivity contribution in [3.8, 4) is 0 Å². The van der Waals surface area contributed by atoms with Crippen LogP contribution in [0.15, 0.2) is 12.2 Å². The summed E-state index contributed by atoms with van der Waals surface area (Å²) in [5.74, 6) is 0. The Balaban J connectivity index is 1.85. The molecular formula is C25H48O5. The zero-order chi connectivity index (χ0) is 21.9. The largest absolute Gasteiger partial charge is 0.394 e. The van der Waals surface area contributed by atoms with Crippen LogP contribution in [0.2, 0.25) is 0 Å². The van der Waals surface area contributed by atoms with Crippen LogP contribution in [-0.2, 0) is 9.47 Å². The van der Waals surface area contributed by atoms with Gasteiger partial charge in [-0.1, -0.05) is 83.3 Å². The van der Waals surface area contributed by atoms with Crippen LogP contribution < -0.4 is 0 Å². The number of aliphatic hydroxyl groups is 3. The molecular weight excluding hydrogens is 380 g/mol. The summed E-state index contributed by atoms with van der Waals surface area (Å²) in [6.45, 7) is 2.59. The van der Waals surface area contributed by atoms with Gasteiger partial charge in [-0.25, -0.2) is 0 Å². The number of ether oxygens (including phenoxy) is 2. The maximum atomic E-state index is 9.90. The van der Waals surface area contributed by atoms with E-state index in [0.717, 1.165) is 12.8 Å². The van der Waals surface area contributed by atoms with Gasteiger partial charge in [-0.15, -0.1) is 0 Å². The van der Waals surface area contributed by atoms with E-state index in [1.54, 1.807) is 0 Å². The Bertz CT molecular complexity index is 401. The van der Waals surface area contributed by atoms with Gasteiger partial charge in [-0.05, 0) is 32.1 Å². The first kappa shape index (κ1) is 27.6. The number of hydrogen-bond donors (Lipinski definition) is 3. The molecule has 0 aromatic rings. The fourth-order valence-electron chi connectivity index (χ4n) is 4.00. The monoisotopic (exact) mass is 428 g/mol. The van der Waals surface area contributed by atoms with E-state index in [2.05, 4.69) is 19.1 Å². The summed E-state index contributed by atoms with van der Waals surface area (Å²) < 4.78 is 11.0. The summed E-state index contributed by atoms with van der Waals surface area (Å²) in [6, 6.07) is 0. The molecule has 30 heavy (non-hydrogen) atoms. The second kappa shape index (κ2) is 19.2. The lowest BCUT2D eigenvalue weighted by Crippen LogP contribution is -2.42.